The van der Waals surface area contributed by atoms with Crippen LogP contribution in [0, 0.1) is 13.8 Å². The summed E-state index contributed by atoms with van der Waals surface area (Å²) in [6.45, 7) is 3.88. The Labute approximate surface area is 131 Å². The molecule has 0 aliphatic rings. The lowest BCUT2D eigenvalue weighted by Crippen LogP contribution is -2.26. The maximum Gasteiger partial charge on any atom is 0.264 e. The van der Waals surface area contributed by atoms with E-state index in [4.69, 9.17) is 11.6 Å². The highest BCUT2D eigenvalue weighted by Crippen LogP contribution is 2.24. The highest BCUT2D eigenvalue weighted by molar-refractivity contribution is 7.92. The Balaban J connectivity index is 2.43. The van der Waals surface area contributed by atoms with Crippen molar-refractivity contribution < 1.29 is 8.42 Å². The van der Waals surface area contributed by atoms with E-state index in [1.165, 1.54) is 4.31 Å². The van der Waals surface area contributed by atoms with E-state index in [0.717, 1.165) is 16.7 Å². The summed E-state index contributed by atoms with van der Waals surface area (Å²) in [6, 6.07) is 12.4. The molecule has 0 aliphatic heterocycles. The van der Waals surface area contributed by atoms with Crippen LogP contribution >= 0.6 is 11.6 Å². The minimum atomic E-state index is -3.58. The fraction of sp³-hybridized carbons (Fsp3) is 0.250. The van der Waals surface area contributed by atoms with Crippen molar-refractivity contribution in [3.05, 3.63) is 59.2 Å². The first-order valence-electron chi connectivity index (χ1n) is 6.57. The van der Waals surface area contributed by atoms with Crippen molar-refractivity contribution >= 4 is 27.3 Å². The van der Waals surface area contributed by atoms with Gasteiger partial charge in [-0.25, -0.2) is 8.42 Å². The summed E-state index contributed by atoms with van der Waals surface area (Å²) in [5.41, 5.74) is 3.54. The lowest BCUT2D eigenvalue weighted by atomic mass is 10.1. The van der Waals surface area contributed by atoms with E-state index in [1.54, 1.807) is 37.4 Å². The first kappa shape index (κ1) is 15.9. The van der Waals surface area contributed by atoms with Gasteiger partial charge in [0.25, 0.3) is 10.0 Å². The second kappa shape index (κ2) is 6.08. The lowest BCUT2D eigenvalue weighted by Gasteiger charge is -2.20. The minimum Gasteiger partial charge on any atom is -0.269 e. The number of hydrogen-bond acceptors (Lipinski definition) is 2. The van der Waals surface area contributed by atoms with E-state index in [1.807, 2.05) is 26.0 Å². The molecule has 0 bridgehead atoms. The van der Waals surface area contributed by atoms with Gasteiger partial charge in [0.1, 0.15) is 0 Å². The maximum atomic E-state index is 12.7. The smallest absolute Gasteiger partial charge is 0.264 e. The van der Waals surface area contributed by atoms with Gasteiger partial charge in [0.15, 0.2) is 0 Å². The van der Waals surface area contributed by atoms with Crippen LogP contribution in [0.2, 0.25) is 0 Å². The molecule has 0 aromatic heterocycles. The van der Waals surface area contributed by atoms with Crippen LogP contribution < -0.4 is 4.31 Å². The van der Waals surface area contributed by atoms with E-state index in [0.29, 0.717) is 11.6 Å². The van der Waals surface area contributed by atoms with Gasteiger partial charge in [0.2, 0.25) is 0 Å². The van der Waals surface area contributed by atoms with Crippen LogP contribution in [0.15, 0.2) is 47.4 Å². The molecular weight excluding hydrogens is 306 g/mol. The molecule has 21 heavy (non-hydrogen) atoms. The maximum absolute atomic E-state index is 12.7. The molecule has 0 saturated carbocycles. The number of benzene rings is 2. The van der Waals surface area contributed by atoms with Crippen molar-refractivity contribution in [1.82, 2.24) is 0 Å². The van der Waals surface area contributed by atoms with Gasteiger partial charge in [-0.3, -0.25) is 4.31 Å². The molecule has 2 aromatic rings. The van der Waals surface area contributed by atoms with Gasteiger partial charge in [-0.15, -0.1) is 11.6 Å². The molecule has 5 heteroatoms. The zero-order valence-electron chi connectivity index (χ0n) is 12.3. The Morgan fingerprint density at radius 2 is 1.67 bits per heavy atom. The summed E-state index contributed by atoms with van der Waals surface area (Å²) >= 11 is 5.86. The number of hydrogen-bond donors (Lipinski definition) is 0. The van der Waals surface area contributed by atoms with Gasteiger partial charge < -0.3 is 0 Å². The first-order valence-corrected chi connectivity index (χ1v) is 8.55. The number of sulfonamides is 1. The van der Waals surface area contributed by atoms with Crippen molar-refractivity contribution in [3.8, 4) is 0 Å². The largest absolute Gasteiger partial charge is 0.269 e. The third-order valence-corrected chi connectivity index (χ3v) is 5.59. The molecule has 0 N–H and O–H groups in total. The van der Waals surface area contributed by atoms with Gasteiger partial charge in [0, 0.05) is 12.9 Å². The molecule has 0 unspecified atom stereocenters. The topological polar surface area (TPSA) is 37.4 Å². The van der Waals surface area contributed by atoms with Crippen molar-refractivity contribution in [2.75, 3.05) is 11.4 Å². The van der Waals surface area contributed by atoms with Crippen molar-refractivity contribution in [3.63, 3.8) is 0 Å². The van der Waals surface area contributed by atoms with Gasteiger partial charge in [-0.05, 0) is 49.2 Å². The van der Waals surface area contributed by atoms with Crippen LogP contribution in [0.3, 0.4) is 0 Å². The van der Waals surface area contributed by atoms with Crippen LogP contribution in [0.1, 0.15) is 16.7 Å². The third kappa shape index (κ3) is 3.22. The van der Waals surface area contributed by atoms with Crippen LogP contribution in [0.25, 0.3) is 0 Å². The van der Waals surface area contributed by atoms with Gasteiger partial charge in [-0.1, -0.05) is 23.8 Å². The highest BCUT2D eigenvalue weighted by Gasteiger charge is 2.21. The van der Waals surface area contributed by atoms with Crippen molar-refractivity contribution in [1.29, 1.82) is 0 Å². The summed E-state index contributed by atoms with van der Waals surface area (Å²) in [5, 5.41) is 0. The quantitative estimate of drug-likeness (QED) is 0.801. The monoisotopic (exact) mass is 323 g/mol. The molecule has 112 valence electrons. The SMILES string of the molecule is Cc1ccc(N(C)S(=O)(=O)c2ccc(C)c(CCl)c2)cc1. The Hall–Kier alpha value is -1.52. The standard InChI is InChI=1S/C16H18ClNO2S/c1-12-4-7-15(8-5-12)18(3)21(19,20)16-9-6-13(2)14(10-16)11-17/h4-10H,11H2,1-3H3. The van der Waals surface area contributed by atoms with Gasteiger partial charge in [0.05, 0.1) is 10.6 Å². The van der Waals surface area contributed by atoms with Crippen LogP contribution in [0.5, 0.6) is 0 Å². The number of rotatable bonds is 4. The number of nitrogens with zero attached hydrogens (tertiary/aromatic N) is 1. The van der Waals surface area contributed by atoms with Gasteiger partial charge >= 0.3 is 0 Å². The second-order valence-corrected chi connectivity index (χ2v) is 7.27. The average molecular weight is 324 g/mol. The second-order valence-electron chi connectivity index (χ2n) is 5.03. The Morgan fingerprint density at radius 3 is 2.24 bits per heavy atom. The minimum absolute atomic E-state index is 0.256. The molecule has 0 spiro atoms. The molecule has 0 amide bonds. The lowest BCUT2D eigenvalue weighted by molar-refractivity contribution is 0.594. The normalized spacial score (nSPS) is 11.4. The molecule has 0 aliphatic carbocycles. The number of halogens is 1. The average Bonchev–Trinajstić information content (AvgIpc) is 2.47. The van der Waals surface area contributed by atoms with Crippen LogP contribution in [-0.2, 0) is 15.9 Å². The summed E-state index contributed by atoms with van der Waals surface area (Å²) in [4.78, 5) is 0.256. The number of anilines is 1. The molecule has 0 radical (unpaired) electrons. The first-order chi connectivity index (χ1) is 9.86. The summed E-state index contributed by atoms with van der Waals surface area (Å²) < 4.78 is 26.6. The fourth-order valence-corrected chi connectivity index (χ4v) is 3.54. The van der Waals surface area contributed by atoms with E-state index >= 15 is 0 Å². The zero-order chi connectivity index (χ0) is 15.6. The molecule has 0 atom stereocenters. The molecule has 2 rings (SSSR count). The van der Waals surface area contributed by atoms with E-state index in [2.05, 4.69) is 0 Å². The molecule has 0 saturated heterocycles. The van der Waals surface area contributed by atoms with Gasteiger partial charge in [-0.2, -0.15) is 0 Å². The van der Waals surface area contributed by atoms with Crippen LogP contribution in [0.4, 0.5) is 5.69 Å². The number of aryl methyl sites for hydroxylation is 2. The van der Waals surface area contributed by atoms with E-state index in [9.17, 15) is 8.42 Å². The molecule has 0 heterocycles. The third-order valence-electron chi connectivity index (χ3n) is 3.52. The Morgan fingerprint density at radius 1 is 1.05 bits per heavy atom. The molecule has 3 nitrogen and oxygen atoms in total. The Kier molecular flexibility index (Phi) is 4.59. The predicted molar refractivity (Wildman–Crippen MR) is 87.5 cm³/mol. The summed E-state index contributed by atoms with van der Waals surface area (Å²) in [6.07, 6.45) is 0. The van der Waals surface area contributed by atoms with E-state index in [-0.39, 0.29) is 4.90 Å². The molecule has 2 aromatic carbocycles. The summed E-state index contributed by atoms with van der Waals surface area (Å²) in [7, 11) is -2.02. The molecule has 0 fully saturated rings. The highest BCUT2D eigenvalue weighted by atomic mass is 35.5. The van der Waals surface area contributed by atoms with Crippen molar-refractivity contribution in [2.45, 2.75) is 24.6 Å². The zero-order valence-corrected chi connectivity index (χ0v) is 13.9. The fourth-order valence-electron chi connectivity index (χ4n) is 2.00. The van der Waals surface area contributed by atoms with Crippen molar-refractivity contribution in [2.24, 2.45) is 0 Å². The van der Waals surface area contributed by atoms with Crippen LogP contribution in [-0.4, -0.2) is 15.5 Å². The molecular formula is C16H18ClNO2S. The number of alkyl halides is 1. The predicted octanol–water partition coefficient (Wildman–Crippen LogP) is 3.87. The van der Waals surface area contributed by atoms with E-state index < -0.39 is 10.0 Å². The summed E-state index contributed by atoms with van der Waals surface area (Å²) in [5.74, 6) is 0.295. The Bertz CT molecular complexity index is 739.